The highest BCUT2D eigenvalue weighted by Gasteiger charge is 1.99. The molecule has 0 aliphatic rings. The number of hydrogen-bond donors (Lipinski definition) is 1. The van der Waals surface area contributed by atoms with Crippen LogP contribution in [0.15, 0.2) is 18.2 Å². The normalized spacial score (nSPS) is 9.73. The molecule has 0 bridgehead atoms. The zero-order valence-electron chi connectivity index (χ0n) is 6.79. The van der Waals surface area contributed by atoms with Crippen molar-refractivity contribution in [3.8, 4) is 5.75 Å². The molecule has 0 N–H and O–H groups in total. The minimum absolute atomic E-state index is 0.726. The summed E-state index contributed by atoms with van der Waals surface area (Å²) in [4.78, 5) is 0. The van der Waals surface area contributed by atoms with Gasteiger partial charge in [-0.05, 0) is 18.6 Å². The lowest BCUT2D eigenvalue weighted by Gasteiger charge is -2.05. The Morgan fingerprint density at radius 3 is 2.73 bits per heavy atom. The van der Waals surface area contributed by atoms with E-state index in [9.17, 15) is 0 Å². The van der Waals surface area contributed by atoms with E-state index in [4.69, 9.17) is 4.74 Å². The summed E-state index contributed by atoms with van der Waals surface area (Å²) in [6, 6.07) is 6.13. The van der Waals surface area contributed by atoms with Crippen LogP contribution in [0, 0.1) is 6.92 Å². The van der Waals surface area contributed by atoms with Crippen molar-refractivity contribution in [1.82, 2.24) is 0 Å². The summed E-state index contributed by atoms with van der Waals surface area (Å²) < 4.78 is 5.17. The van der Waals surface area contributed by atoms with Crippen LogP contribution in [0.3, 0.4) is 0 Å². The molecule has 11 heavy (non-hydrogen) atoms. The van der Waals surface area contributed by atoms with Crippen LogP contribution in [0.1, 0.15) is 11.1 Å². The van der Waals surface area contributed by atoms with E-state index < -0.39 is 0 Å². The molecule has 1 aromatic rings. The first-order valence-corrected chi connectivity index (χ1v) is 4.15. The fourth-order valence-corrected chi connectivity index (χ4v) is 1.24. The van der Waals surface area contributed by atoms with Crippen molar-refractivity contribution in [2.24, 2.45) is 0 Å². The molecule has 0 radical (unpaired) electrons. The maximum atomic E-state index is 5.17. The highest BCUT2D eigenvalue weighted by atomic mass is 32.1. The largest absolute Gasteiger partial charge is 0.496 e. The third-order valence-corrected chi connectivity index (χ3v) is 1.95. The topological polar surface area (TPSA) is 9.23 Å². The number of aryl methyl sites for hydroxylation is 1. The monoisotopic (exact) mass is 168 g/mol. The highest BCUT2D eigenvalue weighted by Crippen LogP contribution is 2.20. The second-order valence-electron chi connectivity index (χ2n) is 2.47. The van der Waals surface area contributed by atoms with Gasteiger partial charge in [-0.3, -0.25) is 0 Å². The lowest BCUT2D eigenvalue weighted by molar-refractivity contribution is 0.411. The van der Waals surface area contributed by atoms with Crippen molar-refractivity contribution in [3.63, 3.8) is 0 Å². The summed E-state index contributed by atoms with van der Waals surface area (Å²) in [5, 5.41) is 0. The second-order valence-corrected chi connectivity index (χ2v) is 2.79. The first-order chi connectivity index (χ1) is 5.27. The standard InChI is InChI=1S/C9H12OS/c1-7-3-4-8(6-11)9(5-7)10-2/h3-5,11H,6H2,1-2H3. The van der Waals surface area contributed by atoms with E-state index in [-0.39, 0.29) is 0 Å². The van der Waals surface area contributed by atoms with Gasteiger partial charge in [-0.1, -0.05) is 12.1 Å². The fourth-order valence-electron chi connectivity index (χ4n) is 0.982. The molecule has 0 aliphatic carbocycles. The smallest absolute Gasteiger partial charge is 0.123 e. The van der Waals surface area contributed by atoms with Crippen LogP contribution in [0.25, 0.3) is 0 Å². The summed E-state index contributed by atoms with van der Waals surface area (Å²) in [7, 11) is 1.68. The molecule has 0 atom stereocenters. The van der Waals surface area contributed by atoms with E-state index in [1.807, 2.05) is 19.1 Å². The summed E-state index contributed by atoms with van der Waals surface area (Å²) in [6.07, 6.45) is 0. The fraction of sp³-hybridized carbons (Fsp3) is 0.333. The van der Waals surface area contributed by atoms with Gasteiger partial charge in [0.2, 0.25) is 0 Å². The van der Waals surface area contributed by atoms with Gasteiger partial charge in [0.05, 0.1) is 7.11 Å². The predicted octanol–water partition coefficient (Wildman–Crippen LogP) is 2.43. The molecule has 0 amide bonds. The van der Waals surface area contributed by atoms with Crippen LogP contribution in [0.5, 0.6) is 5.75 Å². The van der Waals surface area contributed by atoms with E-state index in [1.165, 1.54) is 5.56 Å². The predicted molar refractivity (Wildman–Crippen MR) is 50.4 cm³/mol. The molecule has 0 unspecified atom stereocenters. The summed E-state index contributed by atoms with van der Waals surface area (Å²) in [6.45, 7) is 2.05. The maximum Gasteiger partial charge on any atom is 0.123 e. The number of rotatable bonds is 2. The van der Waals surface area contributed by atoms with E-state index in [0.717, 1.165) is 17.1 Å². The lowest BCUT2D eigenvalue weighted by atomic mass is 10.1. The zero-order valence-corrected chi connectivity index (χ0v) is 7.69. The maximum absolute atomic E-state index is 5.17. The van der Waals surface area contributed by atoms with Crippen LogP contribution in [-0.2, 0) is 5.75 Å². The Hall–Kier alpha value is -0.630. The lowest BCUT2D eigenvalue weighted by Crippen LogP contribution is -1.89. The van der Waals surface area contributed by atoms with E-state index >= 15 is 0 Å². The molecular formula is C9H12OS. The van der Waals surface area contributed by atoms with E-state index in [1.54, 1.807) is 7.11 Å². The SMILES string of the molecule is COc1cc(C)ccc1CS. The Kier molecular flexibility index (Phi) is 2.83. The van der Waals surface area contributed by atoms with Crippen LogP contribution >= 0.6 is 12.6 Å². The van der Waals surface area contributed by atoms with Crippen LogP contribution < -0.4 is 4.74 Å². The molecular weight excluding hydrogens is 156 g/mol. The molecule has 0 aliphatic heterocycles. The van der Waals surface area contributed by atoms with Gasteiger partial charge in [-0.25, -0.2) is 0 Å². The molecule has 1 aromatic carbocycles. The highest BCUT2D eigenvalue weighted by molar-refractivity contribution is 7.79. The van der Waals surface area contributed by atoms with Gasteiger partial charge in [-0.2, -0.15) is 12.6 Å². The van der Waals surface area contributed by atoms with E-state index in [2.05, 4.69) is 18.7 Å². The quantitative estimate of drug-likeness (QED) is 0.667. The molecule has 0 heterocycles. The molecule has 0 saturated heterocycles. The van der Waals surface area contributed by atoms with Crippen LogP contribution in [0.2, 0.25) is 0 Å². The Bertz CT molecular complexity index is 245. The molecule has 1 nitrogen and oxygen atoms in total. The molecule has 0 saturated carbocycles. The molecule has 0 spiro atoms. The number of ether oxygens (including phenoxy) is 1. The van der Waals surface area contributed by atoms with Crippen molar-refractivity contribution in [1.29, 1.82) is 0 Å². The Morgan fingerprint density at radius 2 is 2.18 bits per heavy atom. The van der Waals surface area contributed by atoms with Crippen molar-refractivity contribution in [2.45, 2.75) is 12.7 Å². The molecule has 1 rings (SSSR count). The summed E-state index contributed by atoms with van der Waals surface area (Å²) in [5.74, 6) is 1.66. The molecule has 0 fully saturated rings. The van der Waals surface area contributed by atoms with Crippen molar-refractivity contribution < 1.29 is 4.74 Å². The van der Waals surface area contributed by atoms with Crippen LogP contribution in [0.4, 0.5) is 0 Å². The minimum Gasteiger partial charge on any atom is -0.496 e. The zero-order chi connectivity index (χ0) is 8.27. The first-order valence-electron chi connectivity index (χ1n) is 3.52. The van der Waals surface area contributed by atoms with Gasteiger partial charge in [0, 0.05) is 11.3 Å². The van der Waals surface area contributed by atoms with Crippen molar-refractivity contribution in [3.05, 3.63) is 29.3 Å². The van der Waals surface area contributed by atoms with Gasteiger partial charge in [-0.15, -0.1) is 0 Å². The first kappa shape index (κ1) is 8.47. The average Bonchev–Trinajstić information content (AvgIpc) is 2.04. The molecule has 2 heteroatoms. The minimum atomic E-state index is 0.726. The Morgan fingerprint density at radius 1 is 1.45 bits per heavy atom. The van der Waals surface area contributed by atoms with Gasteiger partial charge in [0.1, 0.15) is 5.75 Å². The summed E-state index contributed by atoms with van der Waals surface area (Å²) >= 11 is 4.19. The van der Waals surface area contributed by atoms with Gasteiger partial charge < -0.3 is 4.74 Å². The Balaban J connectivity index is 3.06. The van der Waals surface area contributed by atoms with Crippen molar-refractivity contribution >= 4 is 12.6 Å². The van der Waals surface area contributed by atoms with Crippen molar-refractivity contribution in [2.75, 3.05) is 7.11 Å². The van der Waals surface area contributed by atoms with Crippen LogP contribution in [-0.4, -0.2) is 7.11 Å². The van der Waals surface area contributed by atoms with Gasteiger partial charge >= 0.3 is 0 Å². The third-order valence-electron chi connectivity index (χ3n) is 1.61. The Labute approximate surface area is 72.8 Å². The van der Waals surface area contributed by atoms with Gasteiger partial charge in [0.25, 0.3) is 0 Å². The van der Waals surface area contributed by atoms with Gasteiger partial charge in [0.15, 0.2) is 0 Å². The third kappa shape index (κ3) is 1.90. The summed E-state index contributed by atoms with van der Waals surface area (Å²) in [5.41, 5.74) is 2.36. The van der Waals surface area contributed by atoms with E-state index in [0.29, 0.717) is 0 Å². The molecule has 0 aromatic heterocycles. The molecule has 60 valence electrons. The number of benzene rings is 1. The second kappa shape index (κ2) is 3.67. The number of methoxy groups -OCH3 is 1. The number of thiol groups is 1. The number of hydrogen-bond acceptors (Lipinski definition) is 2. The average molecular weight is 168 g/mol.